The van der Waals surface area contributed by atoms with Crippen LogP contribution in [0.1, 0.15) is 17.2 Å². The van der Waals surface area contributed by atoms with Crippen molar-refractivity contribution >= 4 is 27.5 Å². The number of rotatable bonds is 6. The predicted molar refractivity (Wildman–Crippen MR) is 108 cm³/mol. The normalized spacial score (nSPS) is 11.8. The van der Waals surface area contributed by atoms with Crippen LogP contribution in [0.15, 0.2) is 89.4 Å². The highest BCUT2D eigenvalue weighted by molar-refractivity contribution is 9.10. The van der Waals surface area contributed by atoms with Crippen molar-refractivity contribution in [3.8, 4) is 0 Å². The van der Waals surface area contributed by atoms with E-state index in [2.05, 4.69) is 15.9 Å². The van der Waals surface area contributed by atoms with Gasteiger partial charge >= 0.3 is 0 Å². The number of hydrogen-bond acceptors (Lipinski definition) is 2. The molecule has 0 heterocycles. The Morgan fingerprint density at radius 3 is 2.12 bits per heavy atom. The summed E-state index contributed by atoms with van der Waals surface area (Å²) in [7, 11) is 1.57. The first kappa shape index (κ1) is 18.4. The van der Waals surface area contributed by atoms with Crippen LogP contribution >= 0.6 is 15.9 Å². The molecule has 0 N–H and O–H groups in total. The van der Waals surface area contributed by atoms with Gasteiger partial charge in [0.25, 0.3) is 5.91 Å². The number of nitrogens with zero attached hydrogens (tertiary/aromatic N) is 1. The number of methoxy groups -OCH3 is 1. The molecule has 0 spiro atoms. The van der Waals surface area contributed by atoms with E-state index in [9.17, 15) is 4.79 Å². The number of benzene rings is 3. The summed E-state index contributed by atoms with van der Waals surface area (Å²) in [5.41, 5.74) is 2.71. The van der Waals surface area contributed by atoms with E-state index in [1.165, 1.54) is 0 Å². The average Bonchev–Trinajstić information content (AvgIpc) is 2.69. The molecule has 0 fully saturated rings. The predicted octanol–water partition coefficient (Wildman–Crippen LogP) is 5.37. The van der Waals surface area contributed by atoms with Crippen molar-refractivity contribution in [1.82, 2.24) is 0 Å². The van der Waals surface area contributed by atoms with E-state index in [1.807, 2.05) is 84.9 Å². The van der Waals surface area contributed by atoms with E-state index >= 15 is 0 Å². The molecule has 0 radical (unpaired) electrons. The standard InChI is InChI=1S/C22H20BrNO2/c1-26-21(18-12-6-3-7-13-18)22(25)24(16-17-10-4-2-5-11-17)20-15-9-8-14-19(20)23/h2-15,21H,16H2,1H3. The molecule has 3 nitrogen and oxygen atoms in total. The summed E-state index contributed by atoms with van der Waals surface area (Å²) in [6, 6.07) is 27.2. The molecule has 0 aromatic heterocycles. The van der Waals surface area contributed by atoms with Gasteiger partial charge in [-0.05, 0) is 39.2 Å². The number of anilines is 1. The van der Waals surface area contributed by atoms with Crippen LogP contribution in [-0.4, -0.2) is 13.0 Å². The van der Waals surface area contributed by atoms with Gasteiger partial charge in [0.15, 0.2) is 6.10 Å². The minimum Gasteiger partial charge on any atom is -0.367 e. The molecule has 0 aliphatic heterocycles. The summed E-state index contributed by atoms with van der Waals surface area (Å²) in [6.07, 6.45) is -0.660. The monoisotopic (exact) mass is 409 g/mol. The molecular formula is C22H20BrNO2. The molecule has 1 unspecified atom stereocenters. The van der Waals surface area contributed by atoms with Crippen molar-refractivity contribution in [1.29, 1.82) is 0 Å². The Morgan fingerprint density at radius 2 is 1.50 bits per heavy atom. The van der Waals surface area contributed by atoms with Crippen LogP contribution in [-0.2, 0) is 16.1 Å². The Hall–Kier alpha value is -2.43. The van der Waals surface area contributed by atoms with Gasteiger partial charge in [0.2, 0.25) is 0 Å². The Kier molecular flexibility index (Phi) is 6.21. The average molecular weight is 410 g/mol. The van der Waals surface area contributed by atoms with Crippen molar-refractivity contribution in [2.75, 3.05) is 12.0 Å². The van der Waals surface area contributed by atoms with E-state index in [0.29, 0.717) is 6.54 Å². The van der Waals surface area contributed by atoms with E-state index in [4.69, 9.17) is 4.74 Å². The van der Waals surface area contributed by atoms with Gasteiger partial charge in [-0.15, -0.1) is 0 Å². The van der Waals surface area contributed by atoms with E-state index in [1.54, 1.807) is 12.0 Å². The number of carbonyl (C=O) groups excluding carboxylic acids is 1. The molecular weight excluding hydrogens is 390 g/mol. The molecule has 1 amide bonds. The molecule has 4 heteroatoms. The van der Waals surface area contributed by atoms with Crippen LogP contribution in [0.2, 0.25) is 0 Å². The van der Waals surface area contributed by atoms with Crippen molar-refractivity contribution in [2.45, 2.75) is 12.6 Å². The van der Waals surface area contributed by atoms with Crippen molar-refractivity contribution < 1.29 is 9.53 Å². The first-order valence-electron chi connectivity index (χ1n) is 8.38. The van der Waals surface area contributed by atoms with Crippen LogP contribution in [0.25, 0.3) is 0 Å². The first-order chi connectivity index (χ1) is 12.7. The van der Waals surface area contributed by atoms with Gasteiger partial charge in [-0.25, -0.2) is 0 Å². The maximum Gasteiger partial charge on any atom is 0.261 e. The van der Waals surface area contributed by atoms with Gasteiger partial charge in [0.1, 0.15) is 0 Å². The summed E-state index contributed by atoms with van der Waals surface area (Å²) >= 11 is 3.57. The van der Waals surface area contributed by atoms with E-state index in [-0.39, 0.29) is 5.91 Å². The molecule has 0 saturated carbocycles. The molecule has 1 atom stereocenters. The highest BCUT2D eigenvalue weighted by Gasteiger charge is 2.28. The second-order valence-corrected chi connectivity index (χ2v) is 6.74. The molecule has 0 aliphatic carbocycles. The zero-order valence-electron chi connectivity index (χ0n) is 14.5. The maximum atomic E-state index is 13.4. The molecule has 132 valence electrons. The third kappa shape index (κ3) is 4.21. The van der Waals surface area contributed by atoms with Gasteiger partial charge in [-0.1, -0.05) is 72.8 Å². The number of carbonyl (C=O) groups is 1. The first-order valence-corrected chi connectivity index (χ1v) is 9.17. The lowest BCUT2D eigenvalue weighted by Gasteiger charge is -2.28. The zero-order chi connectivity index (χ0) is 18.4. The lowest BCUT2D eigenvalue weighted by molar-refractivity contribution is -0.128. The molecule has 26 heavy (non-hydrogen) atoms. The minimum atomic E-state index is -0.660. The fraction of sp³-hybridized carbons (Fsp3) is 0.136. The van der Waals surface area contributed by atoms with Crippen LogP contribution < -0.4 is 4.90 Å². The number of hydrogen-bond donors (Lipinski definition) is 0. The number of amides is 1. The highest BCUT2D eigenvalue weighted by Crippen LogP contribution is 2.30. The molecule has 3 aromatic rings. The van der Waals surface area contributed by atoms with Crippen molar-refractivity contribution in [2.24, 2.45) is 0 Å². The summed E-state index contributed by atoms with van der Waals surface area (Å²) in [4.78, 5) is 15.2. The largest absolute Gasteiger partial charge is 0.367 e. The Bertz CT molecular complexity index is 852. The summed E-state index contributed by atoms with van der Waals surface area (Å²) < 4.78 is 6.44. The summed E-state index contributed by atoms with van der Waals surface area (Å²) in [5.74, 6) is -0.102. The maximum absolute atomic E-state index is 13.4. The highest BCUT2D eigenvalue weighted by atomic mass is 79.9. The number of para-hydroxylation sites is 1. The fourth-order valence-electron chi connectivity index (χ4n) is 2.87. The van der Waals surface area contributed by atoms with Crippen LogP contribution in [0.4, 0.5) is 5.69 Å². The van der Waals surface area contributed by atoms with Gasteiger partial charge in [0.05, 0.1) is 12.2 Å². The van der Waals surface area contributed by atoms with Gasteiger partial charge in [0, 0.05) is 11.6 Å². The summed E-state index contributed by atoms with van der Waals surface area (Å²) in [6.45, 7) is 0.467. The molecule has 0 saturated heterocycles. The quantitative estimate of drug-likeness (QED) is 0.547. The van der Waals surface area contributed by atoms with E-state index < -0.39 is 6.10 Å². The summed E-state index contributed by atoms with van der Waals surface area (Å²) in [5, 5.41) is 0. The second-order valence-electron chi connectivity index (χ2n) is 5.89. The van der Waals surface area contributed by atoms with E-state index in [0.717, 1.165) is 21.3 Å². The fourth-order valence-corrected chi connectivity index (χ4v) is 3.37. The second kappa shape index (κ2) is 8.79. The third-order valence-electron chi connectivity index (χ3n) is 4.16. The van der Waals surface area contributed by atoms with Crippen molar-refractivity contribution in [3.63, 3.8) is 0 Å². The van der Waals surface area contributed by atoms with Crippen LogP contribution in [0.5, 0.6) is 0 Å². The van der Waals surface area contributed by atoms with Crippen LogP contribution in [0, 0.1) is 0 Å². The Balaban J connectivity index is 1.99. The Morgan fingerprint density at radius 1 is 0.923 bits per heavy atom. The SMILES string of the molecule is COC(C(=O)N(Cc1ccccc1)c1ccccc1Br)c1ccccc1. The zero-order valence-corrected chi connectivity index (χ0v) is 16.1. The smallest absolute Gasteiger partial charge is 0.261 e. The number of halogens is 1. The lowest BCUT2D eigenvalue weighted by Crippen LogP contribution is -2.35. The van der Waals surface area contributed by atoms with Gasteiger partial charge < -0.3 is 9.64 Å². The number of ether oxygens (including phenoxy) is 1. The molecule has 3 aromatic carbocycles. The molecule has 3 rings (SSSR count). The minimum absolute atomic E-state index is 0.102. The lowest BCUT2D eigenvalue weighted by atomic mass is 10.1. The topological polar surface area (TPSA) is 29.5 Å². The van der Waals surface area contributed by atoms with Gasteiger partial charge in [-0.3, -0.25) is 4.79 Å². The Labute approximate surface area is 162 Å². The van der Waals surface area contributed by atoms with Crippen molar-refractivity contribution in [3.05, 3.63) is 101 Å². The molecule has 0 bridgehead atoms. The third-order valence-corrected chi connectivity index (χ3v) is 4.83. The van der Waals surface area contributed by atoms with Crippen LogP contribution in [0.3, 0.4) is 0 Å². The van der Waals surface area contributed by atoms with Gasteiger partial charge in [-0.2, -0.15) is 0 Å². The molecule has 0 aliphatic rings.